The van der Waals surface area contributed by atoms with Gasteiger partial charge < -0.3 is 4.52 Å². The largest absolute Gasteiger partial charge is 0.323 e. The zero-order chi connectivity index (χ0) is 24.2. The monoisotopic (exact) mass is 486 g/mol. The summed E-state index contributed by atoms with van der Waals surface area (Å²) in [7, 11) is -0.950. The fraction of sp³-hybridized carbons (Fsp3) is 0.419. The maximum absolute atomic E-state index is 7.27. The van der Waals surface area contributed by atoms with Crippen LogP contribution in [0.3, 0.4) is 0 Å². The molecule has 0 N–H and O–H groups in total. The lowest BCUT2D eigenvalue weighted by atomic mass is 9.88. The molecule has 4 heteroatoms. The number of benzene rings is 3. The van der Waals surface area contributed by atoms with Crippen molar-refractivity contribution < 1.29 is 4.52 Å². The molecule has 1 heterocycles. The van der Waals surface area contributed by atoms with Crippen LogP contribution in [0.15, 0.2) is 91.0 Å². The van der Waals surface area contributed by atoms with E-state index >= 15 is 0 Å². The first kappa shape index (κ1) is 24.7. The van der Waals surface area contributed by atoms with Crippen molar-refractivity contribution >= 4 is 8.45 Å². The molecule has 0 amide bonds. The highest BCUT2D eigenvalue weighted by molar-refractivity contribution is 7.47. The molecule has 2 fully saturated rings. The Balaban J connectivity index is 1.56. The summed E-state index contributed by atoms with van der Waals surface area (Å²) in [6.45, 7) is 7.03. The zero-order valence-corrected chi connectivity index (χ0v) is 22.2. The van der Waals surface area contributed by atoms with Crippen LogP contribution in [0.4, 0.5) is 0 Å². The molecule has 0 aromatic heterocycles. The van der Waals surface area contributed by atoms with Gasteiger partial charge >= 0.3 is 0 Å². The van der Waals surface area contributed by atoms with Gasteiger partial charge in [0.05, 0.1) is 6.10 Å². The molecule has 5 atom stereocenters. The van der Waals surface area contributed by atoms with Crippen LogP contribution in [0, 0.1) is 0 Å². The number of hydrogen-bond donors (Lipinski definition) is 0. The van der Waals surface area contributed by atoms with Crippen molar-refractivity contribution in [2.24, 2.45) is 0 Å². The third-order valence-corrected chi connectivity index (χ3v) is 10.4. The van der Waals surface area contributed by atoms with Crippen molar-refractivity contribution in [3.63, 3.8) is 0 Å². The molecular weight excluding hydrogens is 447 g/mol. The van der Waals surface area contributed by atoms with E-state index in [1.165, 1.54) is 42.4 Å². The fourth-order valence-corrected chi connectivity index (χ4v) is 8.84. The highest BCUT2D eigenvalue weighted by Gasteiger charge is 2.53. The predicted octanol–water partition coefficient (Wildman–Crippen LogP) is 8.83. The number of nitrogens with zero attached hydrogens (tertiary/aromatic N) is 2. The zero-order valence-electron chi connectivity index (χ0n) is 21.3. The van der Waals surface area contributed by atoms with E-state index in [4.69, 9.17) is 4.52 Å². The molecule has 1 saturated carbocycles. The normalized spacial score (nSPS) is 24.1. The third-order valence-electron chi connectivity index (χ3n) is 7.89. The van der Waals surface area contributed by atoms with Gasteiger partial charge in [-0.15, -0.1) is 0 Å². The quantitative estimate of drug-likeness (QED) is 0.296. The van der Waals surface area contributed by atoms with Crippen molar-refractivity contribution in [3.8, 4) is 0 Å². The van der Waals surface area contributed by atoms with Crippen LogP contribution in [0.25, 0.3) is 0 Å². The molecule has 3 aromatic rings. The van der Waals surface area contributed by atoms with E-state index < -0.39 is 8.45 Å². The standard InChI is InChI=1S/C31H39N2OP/c1-4-31(28-20-12-7-13-21-28)34-35-32(24(2)26-16-8-5-9-17-26)29-22-14-15-23-30(29)33(35)25(3)27-18-10-6-11-19-27/h5-13,16-21,24-25,29-31H,4,14-15,22-23H2,1-3H3/t24-,25-,29-,30-,31?/m0/s1. The minimum atomic E-state index is -0.950. The molecule has 35 heavy (non-hydrogen) atoms. The molecule has 1 saturated heterocycles. The molecule has 184 valence electrons. The second-order valence-electron chi connectivity index (χ2n) is 10.0. The molecular formula is C31H39N2OP. The minimum absolute atomic E-state index is 0.0958. The van der Waals surface area contributed by atoms with E-state index in [9.17, 15) is 0 Å². The Hall–Kier alpha value is -2.03. The second kappa shape index (κ2) is 11.4. The summed E-state index contributed by atoms with van der Waals surface area (Å²) in [5.74, 6) is 0. The van der Waals surface area contributed by atoms with Crippen molar-refractivity contribution in [1.82, 2.24) is 9.34 Å². The Morgan fingerprint density at radius 2 is 1.09 bits per heavy atom. The van der Waals surface area contributed by atoms with Crippen LogP contribution >= 0.6 is 8.45 Å². The lowest BCUT2D eigenvalue weighted by molar-refractivity contribution is 0.166. The smallest absolute Gasteiger partial charge is 0.190 e. The van der Waals surface area contributed by atoms with E-state index in [0.717, 1.165) is 6.42 Å². The van der Waals surface area contributed by atoms with E-state index in [0.29, 0.717) is 24.2 Å². The highest BCUT2D eigenvalue weighted by Crippen LogP contribution is 2.65. The number of rotatable bonds is 8. The second-order valence-corrected chi connectivity index (χ2v) is 11.7. The minimum Gasteiger partial charge on any atom is -0.323 e. The average molecular weight is 487 g/mol. The first-order chi connectivity index (χ1) is 17.2. The lowest BCUT2D eigenvalue weighted by Crippen LogP contribution is -2.41. The van der Waals surface area contributed by atoms with Crippen LogP contribution in [0.2, 0.25) is 0 Å². The van der Waals surface area contributed by atoms with Gasteiger partial charge in [0.15, 0.2) is 8.45 Å². The molecule has 1 aliphatic carbocycles. The maximum atomic E-state index is 7.27. The molecule has 1 aliphatic heterocycles. The molecule has 3 nitrogen and oxygen atoms in total. The topological polar surface area (TPSA) is 15.7 Å². The lowest BCUT2D eigenvalue weighted by Gasteiger charge is -2.39. The van der Waals surface area contributed by atoms with Crippen molar-refractivity contribution in [3.05, 3.63) is 108 Å². The van der Waals surface area contributed by atoms with Gasteiger partial charge in [-0.2, -0.15) is 0 Å². The third kappa shape index (κ3) is 5.11. The first-order valence-electron chi connectivity index (χ1n) is 13.4. The Bertz CT molecular complexity index is 986. The number of hydrogen-bond acceptors (Lipinski definition) is 3. The Labute approximate surface area is 213 Å². The molecule has 1 unspecified atom stereocenters. The van der Waals surface area contributed by atoms with E-state index in [1.54, 1.807) is 0 Å². The molecule has 0 bridgehead atoms. The van der Waals surface area contributed by atoms with Crippen molar-refractivity contribution in [2.45, 2.75) is 83.1 Å². The first-order valence-corrected chi connectivity index (χ1v) is 14.5. The summed E-state index contributed by atoms with van der Waals surface area (Å²) >= 11 is 0. The van der Waals surface area contributed by atoms with E-state index in [1.807, 2.05) is 0 Å². The predicted molar refractivity (Wildman–Crippen MR) is 147 cm³/mol. The van der Waals surface area contributed by atoms with Crippen LogP contribution in [-0.2, 0) is 4.52 Å². The molecule has 3 aromatic carbocycles. The average Bonchev–Trinajstić information content (AvgIpc) is 3.26. The Kier molecular flexibility index (Phi) is 8.00. The van der Waals surface area contributed by atoms with Gasteiger partial charge in [-0.05, 0) is 49.8 Å². The Morgan fingerprint density at radius 1 is 0.686 bits per heavy atom. The maximum Gasteiger partial charge on any atom is 0.190 e. The van der Waals surface area contributed by atoms with Gasteiger partial charge in [-0.25, -0.2) is 9.34 Å². The number of fused-ring (bicyclic) bond motifs is 1. The Morgan fingerprint density at radius 3 is 1.49 bits per heavy atom. The highest BCUT2D eigenvalue weighted by atomic mass is 31.2. The van der Waals surface area contributed by atoms with Crippen molar-refractivity contribution in [1.29, 1.82) is 0 Å². The van der Waals surface area contributed by atoms with Gasteiger partial charge in [0.1, 0.15) is 0 Å². The van der Waals surface area contributed by atoms with Crippen LogP contribution < -0.4 is 0 Å². The summed E-state index contributed by atoms with van der Waals surface area (Å²) < 4.78 is 12.8. The van der Waals surface area contributed by atoms with Crippen LogP contribution in [-0.4, -0.2) is 21.4 Å². The summed E-state index contributed by atoms with van der Waals surface area (Å²) in [4.78, 5) is 0. The van der Waals surface area contributed by atoms with Gasteiger partial charge in [-0.3, -0.25) is 0 Å². The van der Waals surface area contributed by atoms with E-state index in [2.05, 4.69) is 121 Å². The molecule has 0 spiro atoms. The molecule has 2 aliphatic rings. The summed E-state index contributed by atoms with van der Waals surface area (Å²) in [6.07, 6.45) is 6.20. The van der Waals surface area contributed by atoms with Crippen LogP contribution in [0.5, 0.6) is 0 Å². The summed E-state index contributed by atoms with van der Waals surface area (Å²) in [5, 5.41) is 0. The van der Waals surface area contributed by atoms with Crippen LogP contribution in [0.1, 0.15) is 87.8 Å². The van der Waals surface area contributed by atoms with Gasteiger partial charge in [-0.1, -0.05) is 111 Å². The fourth-order valence-electron chi connectivity index (χ4n) is 5.98. The van der Waals surface area contributed by atoms with Gasteiger partial charge in [0.2, 0.25) is 0 Å². The SMILES string of the molecule is CCC(OP1N([C@@H](C)c2ccccc2)[C@H]2CCCC[C@@H]2N1[C@@H](C)c1ccccc1)c1ccccc1. The summed E-state index contributed by atoms with van der Waals surface area (Å²) in [6, 6.07) is 34.6. The van der Waals surface area contributed by atoms with Gasteiger partial charge in [0.25, 0.3) is 0 Å². The molecule has 5 rings (SSSR count). The molecule has 0 radical (unpaired) electrons. The van der Waals surface area contributed by atoms with E-state index in [-0.39, 0.29) is 6.10 Å². The van der Waals surface area contributed by atoms with Crippen molar-refractivity contribution in [2.75, 3.05) is 0 Å². The van der Waals surface area contributed by atoms with Gasteiger partial charge in [0, 0.05) is 24.2 Å². The summed E-state index contributed by atoms with van der Waals surface area (Å²) in [5.41, 5.74) is 4.05.